The molecule has 0 atom stereocenters. The number of amides is 1. The normalized spacial score (nSPS) is 15.1. The molecule has 1 aliphatic rings. The lowest BCUT2D eigenvalue weighted by Crippen LogP contribution is -2.38. The lowest BCUT2D eigenvalue weighted by atomic mass is 9.98. The average molecular weight is 391 g/mol. The second kappa shape index (κ2) is 8.10. The van der Waals surface area contributed by atoms with Gasteiger partial charge in [0.05, 0.1) is 15.5 Å². The number of carbonyl (C=O) groups is 1. The fourth-order valence-corrected chi connectivity index (χ4v) is 4.30. The molecular weight excluding hydrogens is 372 g/mol. The van der Waals surface area contributed by atoms with Gasteiger partial charge in [-0.1, -0.05) is 48.5 Å². The molecule has 1 heterocycles. The van der Waals surface area contributed by atoms with Gasteiger partial charge in [0.25, 0.3) is 11.6 Å². The third-order valence-electron chi connectivity index (χ3n) is 4.54. The first-order valence-electron chi connectivity index (χ1n) is 8.46. The van der Waals surface area contributed by atoms with E-state index in [4.69, 9.17) is 11.6 Å². The highest BCUT2D eigenvalue weighted by Crippen LogP contribution is 2.41. The van der Waals surface area contributed by atoms with Crippen LogP contribution in [0.5, 0.6) is 0 Å². The van der Waals surface area contributed by atoms with E-state index in [1.807, 2.05) is 17.0 Å². The van der Waals surface area contributed by atoms with Gasteiger partial charge in [-0.2, -0.15) is 0 Å². The molecule has 0 saturated carbocycles. The Bertz CT molecular complexity index is 835. The van der Waals surface area contributed by atoms with Crippen LogP contribution in [0.4, 0.5) is 5.69 Å². The number of rotatable bonds is 4. The molecule has 26 heavy (non-hydrogen) atoms. The number of benzene rings is 2. The van der Waals surface area contributed by atoms with E-state index in [9.17, 15) is 14.9 Å². The third-order valence-corrected chi connectivity index (χ3v) is 6.18. The van der Waals surface area contributed by atoms with Gasteiger partial charge in [-0.3, -0.25) is 14.9 Å². The maximum absolute atomic E-state index is 13.0. The molecule has 2 aromatic carbocycles. The Hall–Kier alpha value is -2.05. The smallest absolute Gasteiger partial charge is 0.284 e. The standard InChI is InChI=1S/C19H19ClN2O3S/c1-13-9-11-21(12-10-13)19(23)14-5-2-3-8-17(14)26-18-15(20)6-4-7-16(18)22(24)25/h2-8,13H,9-12H2,1H3. The van der Waals surface area contributed by atoms with Crippen LogP contribution in [0.3, 0.4) is 0 Å². The number of likely N-dealkylation sites (tertiary alicyclic amines) is 1. The van der Waals surface area contributed by atoms with Crippen molar-refractivity contribution in [3.63, 3.8) is 0 Å². The van der Waals surface area contributed by atoms with Crippen molar-refractivity contribution < 1.29 is 9.72 Å². The molecule has 0 aromatic heterocycles. The van der Waals surface area contributed by atoms with Crippen molar-refractivity contribution in [1.82, 2.24) is 4.90 Å². The van der Waals surface area contributed by atoms with Gasteiger partial charge >= 0.3 is 0 Å². The molecule has 5 nitrogen and oxygen atoms in total. The molecule has 0 N–H and O–H groups in total. The van der Waals surface area contributed by atoms with Gasteiger partial charge in [0.1, 0.15) is 4.90 Å². The summed E-state index contributed by atoms with van der Waals surface area (Å²) >= 11 is 7.37. The zero-order valence-corrected chi connectivity index (χ0v) is 15.9. The van der Waals surface area contributed by atoms with Gasteiger partial charge < -0.3 is 4.90 Å². The predicted octanol–water partition coefficient (Wildman–Crippen LogP) is 5.27. The van der Waals surface area contributed by atoms with E-state index in [1.54, 1.807) is 24.3 Å². The maximum Gasteiger partial charge on any atom is 0.284 e. The van der Waals surface area contributed by atoms with E-state index >= 15 is 0 Å². The molecular formula is C19H19ClN2O3S. The number of piperidine rings is 1. The molecule has 0 unspecified atom stereocenters. The minimum absolute atomic E-state index is 0.0327. The Kier molecular flexibility index (Phi) is 5.84. The minimum atomic E-state index is -0.454. The summed E-state index contributed by atoms with van der Waals surface area (Å²) in [5, 5.41) is 11.6. The molecule has 1 saturated heterocycles. The molecule has 7 heteroatoms. The van der Waals surface area contributed by atoms with E-state index in [0.717, 1.165) is 25.9 Å². The van der Waals surface area contributed by atoms with Gasteiger partial charge in [-0.05, 0) is 37.0 Å². The summed E-state index contributed by atoms with van der Waals surface area (Å²) in [6, 6.07) is 11.8. The molecule has 0 spiro atoms. The SMILES string of the molecule is CC1CCN(C(=O)c2ccccc2Sc2c(Cl)cccc2[N+](=O)[O-])CC1. The lowest BCUT2D eigenvalue weighted by molar-refractivity contribution is -0.387. The van der Waals surface area contributed by atoms with Crippen LogP contribution in [-0.4, -0.2) is 28.8 Å². The molecule has 2 aromatic rings. The topological polar surface area (TPSA) is 63.5 Å². The summed E-state index contributed by atoms with van der Waals surface area (Å²) in [5.74, 6) is 0.601. The number of hydrogen-bond donors (Lipinski definition) is 0. The molecule has 3 rings (SSSR count). The highest BCUT2D eigenvalue weighted by molar-refractivity contribution is 7.99. The Morgan fingerprint density at radius 2 is 1.88 bits per heavy atom. The Morgan fingerprint density at radius 3 is 2.58 bits per heavy atom. The fourth-order valence-electron chi connectivity index (χ4n) is 2.97. The van der Waals surface area contributed by atoms with E-state index in [-0.39, 0.29) is 11.6 Å². The molecule has 0 radical (unpaired) electrons. The second-order valence-corrected chi connectivity index (χ2v) is 7.88. The van der Waals surface area contributed by atoms with Crippen molar-refractivity contribution in [3.8, 4) is 0 Å². The summed E-state index contributed by atoms with van der Waals surface area (Å²) in [6.07, 6.45) is 1.99. The maximum atomic E-state index is 13.0. The van der Waals surface area contributed by atoms with E-state index < -0.39 is 4.92 Å². The lowest BCUT2D eigenvalue weighted by Gasteiger charge is -2.30. The summed E-state index contributed by atoms with van der Waals surface area (Å²) in [6.45, 7) is 3.68. The summed E-state index contributed by atoms with van der Waals surface area (Å²) < 4.78 is 0. The number of nitrogens with zero attached hydrogens (tertiary/aromatic N) is 2. The van der Waals surface area contributed by atoms with Crippen molar-refractivity contribution >= 4 is 35.0 Å². The first kappa shape index (κ1) is 18.7. The monoisotopic (exact) mass is 390 g/mol. The zero-order valence-electron chi connectivity index (χ0n) is 14.4. The van der Waals surface area contributed by atoms with Crippen LogP contribution >= 0.6 is 23.4 Å². The highest BCUT2D eigenvalue weighted by Gasteiger charge is 2.25. The molecule has 0 aliphatic carbocycles. The summed E-state index contributed by atoms with van der Waals surface area (Å²) in [4.78, 5) is 26.7. The van der Waals surface area contributed by atoms with Gasteiger partial charge in [-0.25, -0.2) is 0 Å². The predicted molar refractivity (Wildman–Crippen MR) is 103 cm³/mol. The van der Waals surface area contributed by atoms with Gasteiger partial charge in [-0.15, -0.1) is 0 Å². The van der Waals surface area contributed by atoms with E-state index in [1.165, 1.54) is 17.8 Å². The van der Waals surface area contributed by atoms with Gasteiger partial charge in [0, 0.05) is 24.1 Å². The van der Waals surface area contributed by atoms with Crippen molar-refractivity contribution in [3.05, 3.63) is 63.2 Å². The van der Waals surface area contributed by atoms with Crippen LogP contribution in [0.15, 0.2) is 52.3 Å². The Labute approximate surface area is 161 Å². The number of hydrogen-bond acceptors (Lipinski definition) is 4. The summed E-state index contributed by atoms with van der Waals surface area (Å²) in [7, 11) is 0. The van der Waals surface area contributed by atoms with Crippen LogP contribution < -0.4 is 0 Å². The van der Waals surface area contributed by atoms with Crippen molar-refractivity contribution in [1.29, 1.82) is 0 Å². The van der Waals surface area contributed by atoms with Crippen molar-refractivity contribution in [2.45, 2.75) is 29.6 Å². The third kappa shape index (κ3) is 4.02. The van der Waals surface area contributed by atoms with Gasteiger partial charge in [0.15, 0.2) is 0 Å². The molecule has 136 valence electrons. The molecule has 1 amide bonds. The van der Waals surface area contributed by atoms with Gasteiger partial charge in [0.2, 0.25) is 0 Å². The quantitative estimate of drug-likeness (QED) is 0.526. The van der Waals surface area contributed by atoms with Crippen molar-refractivity contribution in [2.75, 3.05) is 13.1 Å². The second-order valence-electron chi connectivity index (χ2n) is 6.42. The largest absolute Gasteiger partial charge is 0.339 e. The van der Waals surface area contributed by atoms with Crippen molar-refractivity contribution in [2.24, 2.45) is 5.92 Å². The van der Waals surface area contributed by atoms with Crippen LogP contribution in [-0.2, 0) is 0 Å². The number of nitro benzene ring substituents is 1. The number of carbonyl (C=O) groups excluding carboxylic acids is 1. The van der Waals surface area contributed by atoms with E-state index in [0.29, 0.717) is 26.3 Å². The fraction of sp³-hybridized carbons (Fsp3) is 0.316. The van der Waals surface area contributed by atoms with Crippen LogP contribution in [0.2, 0.25) is 5.02 Å². The Balaban J connectivity index is 1.91. The minimum Gasteiger partial charge on any atom is -0.339 e. The molecule has 1 fully saturated rings. The molecule has 0 bridgehead atoms. The highest BCUT2D eigenvalue weighted by atomic mass is 35.5. The number of halogens is 1. The summed E-state index contributed by atoms with van der Waals surface area (Å²) in [5.41, 5.74) is 0.498. The first-order valence-corrected chi connectivity index (χ1v) is 9.66. The van der Waals surface area contributed by atoms with Crippen LogP contribution in [0, 0.1) is 16.0 Å². The number of nitro groups is 1. The molecule has 1 aliphatic heterocycles. The average Bonchev–Trinajstić information content (AvgIpc) is 2.63. The van der Waals surface area contributed by atoms with E-state index in [2.05, 4.69) is 6.92 Å². The Morgan fingerprint density at radius 1 is 1.19 bits per heavy atom. The zero-order chi connectivity index (χ0) is 18.7. The van der Waals surface area contributed by atoms with Crippen LogP contribution in [0.25, 0.3) is 0 Å². The van der Waals surface area contributed by atoms with Crippen LogP contribution in [0.1, 0.15) is 30.1 Å². The first-order chi connectivity index (χ1) is 12.5.